The number of nitrogens with zero attached hydrogens (tertiary/aromatic N) is 6. The number of rotatable bonds is 4. The van der Waals surface area contributed by atoms with Crippen LogP contribution in [0.4, 0.5) is 5.69 Å². The highest BCUT2D eigenvalue weighted by Crippen LogP contribution is 2.33. The molecule has 9 nitrogen and oxygen atoms in total. The minimum atomic E-state index is -0.869. The third kappa shape index (κ3) is 3.09. The molecule has 2 aliphatic rings. The van der Waals surface area contributed by atoms with Crippen molar-refractivity contribution in [1.82, 2.24) is 15.1 Å². The minimum Gasteiger partial charge on any atom is -0.337 e. The molecule has 30 heavy (non-hydrogen) atoms. The van der Waals surface area contributed by atoms with Gasteiger partial charge in [0.15, 0.2) is 12.1 Å². The van der Waals surface area contributed by atoms with Gasteiger partial charge < -0.3 is 4.52 Å². The van der Waals surface area contributed by atoms with Crippen LogP contribution in [0.2, 0.25) is 0 Å². The molecule has 1 aromatic heterocycles. The number of fused-ring (bicyclic) bond motifs is 1. The fourth-order valence-electron chi connectivity index (χ4n) is 3.50. The van der Waals surface area contributed by atoms with Crippen LogP contribution in [-0.2, 0) is 16.1 Å². The topological polar surface area (TPSA) is 104 Å². The van der Waals surface area contributed by atoms with Crippen molar-refractivity contribution in [2.45, 2.75) is 25.6 Å². The Morgan fingerprint density at radius 3 is 2.67 bits per heavy atom. The number of aromatic nitrogens is 2. The van der Waals surface area contributed by atoms with Crippen molar-refractivity contribution in [3.63, 3.8) is 0 Å². The molecular formula is C20H15BrN6O3. The summed E-state index contributed by atoms with van der Waals surface area (Å²) in [5.74, 6) is -0.0567. The lowest BCUT2D eigenvalue weighted by Crippen LogP contribution is -2.39. The van der Waals surface area contributed by atoms with Gasteiger partial charge in [-0.2, -0.15) is 10.1 Å². The third-order valence-electron chi connectivity index (χ3n) is 5.00. The number of hydrogen-bond donors (Lipinski definition) is 0. The highest BCUT2D eigenvalue weighted by atomic mass is 79.9. The van der Waals surface area contributed by atoms with Crippen molar-refractivity contribution < 1.29 is 14.1 Å². The molecule has 0 N–H and O–H groups in total. The Kier molecular flexibility index (Phi) is 4.43. The maximum absolute atomic E-state index is 13.0. The summed E-state index contributed by atoms with van der Waals surface area (Å²) in [7, 11) is 0. The first kappa shape index (κ1) is 18.6. The van der Waals surface area contributed by atoms with Crippen molar-refractivity contribution >= 4 is 33.4 Å². The summed E-state index contributed by atoms with van der Waals surface area (Å²) in [6.07, 6.45) is 0. The molecule has 2 amide bonds. The number of hydrogen-bond acceptors (Lipinski definition) is 8. The molecule has 2 aromatic carbocycles. The van der Waals surface area contributed by atoms with Crippen LogP contribution in [0.3, 0.4) is 0 Å². The second-order valence-corrected chi connectivity index (χ2v) is 7.98. The van der Waals surface area contributed by atoms with E-state index in [9.17, 15) is 9.59 Å². The third-order valence-corrected chi connectivity index (χ3v) is 5.49. The lowest BCUT2D eigenvalue weighted by Gasteiger charge is -2.19. The van der Waals surface area contributed by atoms with Gasteiger partial charge in [-0.15, -0.1) is 0 Å². The van der Waals surface area contributed by atoms with Gasteiger partial charge in [0.25, 0.3) is 11.8 Å². The first-order chi connectivity index (χ1) is 14.5. The van der Waals surface area contributed by atoms with Gasteiger partial charge in [0.05, 0.1) is 5.69 Å². The molecular weight excluding hydrogens is 452 g/mol. The molecule has 0 spiro atoms. The summed E-state index contributed by atoms with van der Waals surface area (Å²) < 4.78 is 6.22. The van der Waals surface area contributed by atoms with E-state index in [2.05, 4.69) is 36.4 Å². The van der Waals surface area contributed by atoms with E-state index >= 15 is 0 Å². The van der Waals surface area contributed by atoms with E-state index in [1.807, 2.05) is 43.3 Å². The molecule has 0 radical (unpaired) electrons. The van der Waals surface area contributed by atoms with E-state index in [4.69, 9.17) is 4.52 Å². The molecule has 2 aliphatic heterocycles. The van der Waals surface area contributed by atoms with Gasteiger partial charge in [-0.05, 0) is 31.2 Å². The highest BCUT2D eigenvalue weighted by Gasteiger charge is 2.55. The fourth-order valence-corrected chi connectivity index (χ4v) is 3.90. The fraction of sp³-hybridized carbons (Fsp3) is 0.200. The molecule has 3 heterocycles. The van der Waals surface area contributed by atoms with Gasteiger partial charge in [-0.3, -0.25) is 14.6 Å². The number of halogens is 1. The van der Waals surface area contributed by atoms with Crippen molar-refractivity contribution in [3.8, 4) is 11.4 Å². The van der Waals surface area contributed by atoms with Crippen molar-refractivity contribution in [2.24, 2.45) is 10.3 Å². The lowest BCUT2D eigenvalue weighted by atomic mass is 10.1. The number of aryl methyl sites for hydroxylation is 1. The predicted octanol–water partition coefficient (Wildman–Crippen LogP) is 3.30. The molecule has 5 rings (SSSR count). The Hall–Kier alpha value is -3.40. The minimum absolute atomic E-state index is 0.0758. The predicted molar refractivity (Wildman–Crippen MR) is 109 cm³/mol. The van der Waals surface area contributed by atoms with Gasteiger partial charge in [0.2, 0.25) is 11.7 Å². The standard InChI is InChI=1S/C20H15BrN6O3/c1-11-5-7-14(8-6-11)27-19(28)16-17(20(27)29)26(25-23-16)10-15-22-18(24-30-15)12-3-2-4-13(21)9-12/h2-9,16-17H,10H2,1H3/t16-,17+/m1/s1. The van der Waals surface area contributed by atoms with Crippen molar-refractivity contribution in [1.29, 1.82) is 0 Å². The number of amides is 2. The normalized spacial score (nSPS) is 20.3. The van der Waals surface area contributed by atoms with Gasteiger partial charge >= 0.3 is 0 Å². The van der Waals surface area contributed by atoms with Crippen LogP contribution in [0, 0.1) is 6.92 Å². The van der Waals surface area contributed by atoms with Gasteiger partial charge in [0.1, 0.15) is 6.54 Å². The van der Waals surface area contributed by atoms with Gasteiger partial charge in [-0.25, -0.2) is 4.90 Å². The van der Waals surface area contributed by atoms with E-state index in [0.29, 0.717) is 11.5 Å². The second-order valence-electron chi connectivity index (χ2n) is 7.06. The van der Waals surface area contributed by atoms with Crippen molar-refractivity contribution in [3.05, 3.63) is 64.5 Å². The zero-order valence-corrected chi connectivity index (χ0v) is 17.4. The molecule has 0 bridgehead atoms. The number of anilines is 1. The Morgan fingerprint density at radius 1 is 1.10 bits per heavy atom. The van der Waals surface area contributed by atoms with E-state index in [0.717, 1.165) is 15.6 Å². The van der Waals surface area contributed by atoms with Crippen LogP contribution in [-0.4, -0.2) is 39.0 Å². The van der Waals surface area contributed by atoms with Crippen LogP contribution >= 0.6 is 15.9 Å². The average molecular weight is 467 g/mol. The van der Waals surface area contributed by atoms with E-state index in [-0.39, 0.29) is 24.2 Å². The average Bonchev–Trinajstić information content (AvgIpc) is 3.42. The largest absolute Gasteiger partial charge is 0.337 e. The molecule has 1 saturated heterocycles. The highest BCUT2D eigenvalue weighted by molar-refractivity contribution is 9.10. The Balaban J connectivity index is 1.36. The first-order valence-corrected chi connectivity index (χ1v) is 10.0. The molecule has 150 valence electrons. The van der Waals surface area contributed by atoms with Crippen LogP contribution in [0.1, 0.15) is 11.5 Å². The van der Waals surface area contributed by atoms with Crippen LogP contribution < -0.4 is 4.90 Å². The first-order valence-electron chi connectivity index (χ1n) is 9.22. The summed E-state index contributed by atoms with van der Waals surface area (Å²) in [4.78, 5) is 31.3. The molecule has 1 fully saturated rings. The van der Waals surface area contributed by atoms with E-state index in [1.54, 1.807) is 12.1 Å². The zero-order valence-electron chi connectivity index (χ0n) is 15.8. The maximum Gasteiger partial charge on any atom is 0.263 e. The zero-order chi connectivity index (χ0) is 20.8. The molecule has 10 heteroatoms. The SMILES string of the molecule is Cc1ccc(N2C(=O)[C@@H]3[C@@H](N=NN3Cc3nc(-c4cccc(Br)c4)no3)C2=O)cc1. The Morgan fingerprint density at radius 2 is 1.90 bits per heavy atom. The van der Waals surface area contributed by atoms with Gasteiger partial charge in [0, 0.05) is 10.0 Å². The Labute approximate surface area is 179 Å². The number of imide groups is 1. The second kappa shape index (κ2) is 7.13. The number of benzene rings is 2. The molecule has 2 atom stereocenters. The summed E-state index contributed by atoms with van der Waals surface area (Å²) in [6, 6.07) is 13.0. The molecule has 0 unspecified atom stereocenters. The Bertz CT molecular complexity index is 1180. The van der Waals surface area contributed by atoms with Crippen molar-refractivity contribution in [2.75, 3.05) is 4.90 Å². The summed E-state index contributed by atoms with van der Waals surface area (Å²) in [6.45, 7) is 2.02. The van der Waals surface area contributed by atoms with E-state index < -0.39 is 12.1 Å². The number of carbonyl (C=O) groups excluding carboxylic acids is 2. The molecule has 3 aromatic rings. The number of carbonyl (C=O) groups is 2. The summed E-state index contributed by atoms with van der Waals surface area (Å²) in [5.41, 5.74) is 2.35. The summed E-state index contributed by atoms with van der Waals surface area (Å²) >= 11 is 3.41. The van der Waals surface area contributed by atoms with Gasteiger partial charge in [-0.1, -0.05) is 56.1 Å². The quantitative estimate of drug-likeness (QED) is 0.546. The van der Waals surface area contributed by atoms with Crippen LogP contribution in [0.15, 0.2) is 67.9 Å². The molecule has 0 saturated carbocycles. The lowest BCUT2D eigenvalue weighted by molar-refractivity contribution is -0.123. The molecule has 0 aliphatic carbocycles. The van der Waals surface area contributed by atoms with Crippen LogP contribution in [0.5, 0.6) is 0 Å². The monoisotopic (exact) mass is 466 g/mol. The summed E-state index contributed by atoms with van der Waals surface area (Å²) in [5, 5.41) is 13.4. The van der Waals surface area contributed by atoms with E-state index in [1.165, 1.54) is 9.91 Å². The van der Waals surface area contributed by atoms with Crippen LogP contribution in [0.25, 0.3) is 11.4 Å². The smallest absolute Gasteiger partial charge is 0.263 e. The maximum atomic E-state index is 13.0.